The van der Waals surface area contributed by atoms with Gasteiger partial charge < -0.3 is 40.6 Å². The monoisotopic (exact) mass is 726 g/mol. The highest BCUT2D eigenvalue weighted by atomic mass is 35.5. The largest absolute Gasteiger partial charge is 0.496 e. The number of primary amides is 1. The summed E-state index contributed by atoms with van der Waals surface area (Å²) in [6.07, 6.45) is 3.12. The third-order valence-corrected chi connectivity index (χ3v) is 8.24. The fourth-order valence-electron chi connectivity index (χ4n) is 5.17. The molecule has 0 aliphatic carbocycles. The van der Waals surface area contributed by atoms with Gasteiger partial charge >= 0.3 is 6.03 Å². The van der Waals surface area contributed by atoms with Gasteiger partial charge in [0.25, 0.3) is 11.8 Å². The molecule has 4 amide bonds. The van der Waals surface area contributed by atoms with Gasteiger partial charge in [0.15, 0.2) is 0 Å². The molecule has 0 unspecified atom stereocenters. The maximum Gasteiger partial charge on any atom is 0.323 e. The van der Waals surface area contributed by atoms with Gasteiger partial charge in [-0.25, -0.2) is 4.79 Å². The van der Waals surface area contributed by atoms with E-state index in [0.717, 1.165) is 0 Å². The van der Waals surface area contributed by atoms with Crippen LogP contribution in [0.25, 0.3) is 21.8 Å². The molecule has 0 saturated carbocycles. The van der Waals surface area contributed by atoms with Gasteiger partial charge in [-0.05, 0) is 48.5 Å². The maximum atomic E-state index is 12.9. The summed E-state index contributed by atoms with van der Waals surface area (Å²) in [4.78, 5) is 46.0. The van der Waals surface area contributed by atoms with Crippen molar-refractivity contribution in [3.05, 3.63) is 106 Å². The van der Waals surface area contributed by atoms with E-state index in [4.69, 9.17) is 47.9 Å². The summed E-state index contributed by atoms with van der Waals surface area (Å²) >= 11 is 13.0. The highest BCUT2D eigenvalue weighted by Gasteiger charge is 2.18. The Labute approximate surface area is 300 Å². The van der Waals surface area contributed by atoms with Crippen LogP contribution in [0.4, 0.5) is 16.2 Å². The highest BCUT2D eigenvalue weighted by Crippen LogP contribution is 2.37. The summed E-state index contributed by atoms with van der Waals surface area (Å²) in [7, 11) is 4.43. The Morgan fingerprint density at radius 1 is 0.647 bits per heavy atom. The Kier molecular flexibility index (Phi) is 9.93. The average Bonchev–Trinajstić information content (AvgIpc) is 3.12. The first-order valence-corrected chi connectivity index (χ1v) is 15.8. The molecule has 15 heteroatoms. The zero-order valence-corrected chi connectivity index (χ0v) is 28.7. The zero-order valence-electron chi connectivity index (χ0n) is 27.2. The van der Waals surface area contributed by atoms with E-state index in [0.29, 0.717) is 73.2 Å². The number of pyridine rings is 2. The molecule has 0 spiro atoms. The van der Waals surface area contributed by atoms with Crippen molar-refractivity contribution in [2.24, 2.45) is 5.73 Å². The summed E-state index contributed by atoms with van der Waals surface area (Å²) in [5.74, 6) is 1.24. The number of amides is 4. The molecule has 0 aliphatic rings. The zero-order chi connectivity index (χ0) is 36.2. The van der Waals surface area contributed by atoms with Gasteiger partial charge in [0.05, 0.1) is 57.8 Å². The number of anilines is 2. The number of carbonyl (C=O) groups excluding carboxylic acids is 3. The van der Waals surface area contributed by atoms with E-state index in [1.807, 2.05) is 0 Å². The number of fused-ring (bicyclic) bond motifs is 2. The van der Waals surface area contributed by atoms with E-state index in [-0.39, 0.29) is 21.5 Å². The predicted molar refractivity (Wildman–Crippen MR) is 194 cm³/mol. The predicted octanol–water partition coefficient (Wildman–Crippen LogP) is 7.79. The van der Waals surface area contributed by atoms with Crippen LogP contribution >= 0.6 is 23.2 Å². The van der Waals surface area contributed by atoms with Gasteiger partial charge in [0.2, 0.25) is 0 Å². The average molecular weight is 728 g/mol. The first kappa shape index (κ1) is 34.5. The number of ether oxygens (including phenoxy) is 4. The van der Waals surface area contributed by atoms with Crippen molar-refractivity contribution in [3.63, 3.8) is 0 Å². The van der Waals surface area contributed by atoms with Crippen LogP contribution in [0.5, 0.6) is 34.5 Å². The number of carbonyl (C=O) groups is 3. The van der Waals surface area contributed by atoms with E-state index >= 15 is 0 Å². The number of aromatic nitrogens is 2. The minimum atomic E-state index is -0.662. The number of nitrogens with two attached hydrogens (primary N) is 1. The highest BCUT2D eigenvalue weighted by molar-refractivity contribution is 6.35. The van der Waals surface area contributed by atoms with Crippen LogP contribution in [-0.2, 0) is 0 Å². The first-order valence-electron chi connectivity index (χ1n) is 15.1. The van der Waals surface area contributed by atoms with Crippen LogP contribution in [0.1, 0.15) is 20.7 Å². The summed E-state index contributed by atoms with van der Waals surface area (Å²) in [6.45, 7) is 0. The Hall–Kier alpha value is -6.31. The smallest absolute Gasteiger partial charge is 0.323 e. The quantitative estimate of drug-likeness (QED) is 0.110. The van der Waals surface area contributed by atoms with E-state index in [1.165, 1.54) is 33.4 Å². The number of halogens is 2. The van der Waals surface area contributed by atoms with Crippen molar-refractivity contribution in [3.8, 4) is 34.5 Å². The standard InChI is InChI=1S/C36H28Cl2N6O7/c1-40-35(46)23-15-21-29(17-33(23)49-3)42-11-9-31(21)51-19-5-7-27(25(38)13-19)44-36(47)43-26-6-4-18(12-24(26)37)50-30-8-10-41-28-16-32(48-2)22(34(39)45)14-20(28)30/h4-17H,1-3H3,(H2,39,45)(H,40,46)(H2,43,44,47). The summed E-state index contributed by atoms with van der Waals surface area (Å²) in [5.41, 5.74) is 7.71. The van der Waals surface area contributed by atoms with Crippen molar-refractivity contribution in [1.29, 1.82) is 0 Å². The lowest BCUT2D eigenvalue weighted by atomic mass is 10.1. The van der Waals surface area contributed by atoms with Gasteiger partial charge in [-0.3, -0.25) is 19.6 Å². The number of hydrogen-bond donors (Lipinski definition) is 4. The second kappa shape index (κ2) is 14.7. The summed E-state index contributed by atoms with van der Waals surface area (Å²) in [6, 6.07) is 18.6. The Bertz CT molecular complexity index is 2350. The normalized spacial score (nSPS) is 10.8. The molecule has 0 aliphatic heterocycles. The Balaban J connectivity index is 1.14. The molecule has 2 aromatic heterocycles. The van der Waals surface area contributed by atoms with Crippen LogP contribution in [0.2, 0.25) is 10.0 Å². The first-order chi connectivity index (χ1) is 24.6. The van der Waals surface area contributed by atoms with E-state index in [1.54, 1.807) is 73.1 Å². The van der Waals surface area contributed by atoms with Crippen molar-refractivity contribution >= 4 is 74.2 Å². The molecule has 6 rings (SSSR count). The molecule has 5 N–H and O–H groups in total. The lowest BCUT2D eigenvalue weighted by molar-refractivity contribution is 0.0958. The number of urea groups is 1. The Morgan fingerprint density at radius 2 is 1.12 bits per heavy atom. The number of methoxy groups -OCH3 is 2. The number of benzene rings is 4. The van der Waals surface area contributed by atoms with Crippen LogP contribution in [0, 0.1) is 0 Å². The molecule has 0 radical (unpaired) electrons. The molecule has 4 aromatic carbocycles. The van der Waals surface area contributed by atoms with Crippen molar-refractivity contribution in [2.75, 3.05) is 31.9 Å². The fraction of sp³-hybridized carbons (Fsp3) is 0.0833. The lowest BCUT2D eigenvalue weighted by Crippen LogP contribution is -2.19. The second-order valence-electron chi connectivity index (χ2n) is 10.8. The van der Waals surface area contributed by atoms with Crippen molar-refractivity contribution in [2.45, 2.75) is 0 Å². The van der Waals surface area contributed by atoms with Gasteiger partial charge in [-0.1, -0.05) is 23.2 Å². The van der Waals surface area contributed by atoms with Gasteiger partial charge in [0, 0.05) is 54.5 Å². The molecule has 0 bridgehead atoms. The SMILES string of the molecule is CNC(=O)c1cc2c(Oc3ccc(NC(=O)Nc4ccc(Oc5ccnc6cc(OC)c(C(N)=O)cc56)cc4Cl)c(Cl)c3)ccnc2cc1OC. The van der Waals surface area contributed by atoms with Gasteiger partial charge in [-0.2, -0.15) is 0 Å². The van der Waals surface area contributed by atoms with Crippen molar-refractivity contribution < 1.29 is 33.3 Å². The lowest BCUT2D eigenvalue weighted by Gasteiger charge is -2.14. The minimum absolute atomic E-state index is 0.176. The van der Waals surface area contributed by atoms with Gasteiger partial charge in [0.1, 0.15) is 34.5 Å². The number of rotatable bonds is 10. The third kappa shape index (κ3) is 7.34. The topological polar surface area (TPSA) is 176 Å². The number of nitrogens with zero attached hydrogens (tertiary/aromatic N) is 2. The molecule has 0 saturated heterocycles. The van der Waals surface area contributed by atoms with Crippen molar-refractivity contribution in [1.82, 2.24) is 15.3 Å². The van der Waals surface area contributed by atoms with Crippen LogP contribution in [-0.4, -0.2) is 49.1 Å². The molecule has 6 aromatic rings. The number of hydrogen-bond acceptors (Lipinski definition) is 9. The molecule has 258 valence electrons. The molecule has 0 fully saturated rings. The Morgan fingerprint density at radius 3 is 1.55 bits per heavy atom. The fourth-order valence-corrected chi connectivity index (χ4v) is 5.60. The second-order valence-corrected chi connectivity index (χ2v) is 11.6. The van der Waals surface area contributed by atoms with E-state index in [9.17, 15) is 14.4 Å². The molecular formula is C36H28Cl2N6O7. The molecule has 0 atom stereocenters. The summed E-state index contributed by atoms with van der Waals surface area (Å²) in [5, 5.41) is 9.48. The van der Waals surface area contributed by atoms with Crippen LogP contribution < -0.4 is 40.6 Å². The van der Waals surface area contributed by atoms with Crippen LogP contribution in [0.3, 0.4) is 0 Å². The van der Waals surface area contributed by atoms with Gasteiger partial charge in [-0.15, -0.1) is 0 Å². The molecule has 13 nitrogen and oxygen atoms in total. The molecule has 51 heavy (non-hydrogen) atoms. The summed E-state index contributed by atoms with van der Waals surface area (Å²) < 4.78 is 22.8. The van der Waals surface area contributed by atoms with E-state index in [2.05, 4.69) is 25.9 Å². The molecule has 2 heterocycles. The maximum absolute atomic E-state index is 12.9. The third-order valence-electron chi connectivity index (χ3n) is 7.62. The molecular weight excluding hydrogens is 699 g/mol. The number of nitrogens with one attached hydrogen (secondary N) is 3. The van der Waals surface area contributed by atoms with E-state index < -0.39 is 11.9 Å². The minimum Gasteiger partial charge on any atom is -0.496 e. The van der Waals surface area contributed by atoms with Crippen LogP contribution in [0.15, 0.2) is 85.2 Å².